The Hall–Kier alpha value is -2.11. The summed E-state index contributed by atoms with van der Waals surface area (Å²) in [4.78, 5) is 35.5. The highest BCUT2D eigenvalue weighted by Gasteiger charge is 2.21. The summed E-state index contributed by atoms with van der Waals surface area (Å²) in [7, 11) is 1.50. The number of carbonyl (C=O) groups excluding carboxylic acids is 3. The van der Waals surface area contributed by atoms with Crippen LogP contribution in [0.15, 0.2) is 22.8 Å². The van der Waals surface area contributed by atoms with Crippen molar-refractivity contribution in [2.45, 2.75) is 26.3 Å². The van der Waals surface area contributed by atoms with Crippen molar-refractivity contribution in [3.8, 4) is 0 Å². The lowest BCUT2D eigenvalue weighted by molar-refractivity contribution is -0.139. The van der Waals surface area contributed by atoms with Gasteiger partial charge in [-0.25, -0.2) is 0 Å². The monoisotopic (exact) mass is 252 g/mol. The second kappa shape index (κ2) is 6.00. The van der Waals surface area contributed by atoms with E-state index in [1.807, 2.05) is 0 Å². The first-order chi connectivity index (χ1) is 8.41. The summed E-state index contributed by atoms with van der Waals surface area (Å²) in [5.41, 5.74) is 0. The fourth-order valence-corrected chi connectivity index (χ4v) is 1.31. The highest BCUT2D eigenvalue weighted by Crippen LogP contribution is 2.01. The Kier molecular flexibility index (Phi) is 4.65. The van der Waals surface area contributed by atoms with Crippen molar-refractivity contribution in [1.82, 2.24) is 10.2 Å². The van der Waals surface area contributed by atoms with E-state index in [2.05, 4.69) is 5.32 Å². The Balaban J connectivity index is 2.49. The number of hydrogen-bond acceptors (Lipinski definition) is 4. The van der Waals surface area contributed by atoms with Gasteiger partial charge in [0.15, 0.2) is 0 Å². The number of carbonyl (C=O) groups is 3. The molecule has 1 aromatic heterocycles. The molecule has 0 radical (unpaired) electrons. The maximum Gasteiger partial charge on any atom is 0.249 e. The fourth-order valence-electron chi connectivity index (χ4n) is 1.31. The normalized spacial score (nSPS) is 11.7. The summed E-state index contributed by atoms with van der Waals surface area (Å²) in [6.45, 7) is 2.91. The van der Waals surface area contributed by atoms with Gasteiger partial charge in [0.25, 0.3) is 0 Å². The van der Waals surface area contributed by atoms with E-state index in [0.29, 0.717) is 5.76 Å². The van der Waals surface area contributed by atoms with Crippen molar-refractivity contribution in [2.75, 3.05) is 7.05 Å². The zero-order valence-electron chi connectivity index (χ0n) is 10.6. The van der Waals surface area contributed by atoms with Crippen LogP contribution >= 0.6 is 0 Å². The number of furan rings is 1. The van der Waals surface area contributed by atoms with E-state index < -0.39 is 17.9 Å². The first-order valence-electron chi connectivity index (χ1n) is 5.51. The van der Waals surface area contributed by atoms with E-state index >= 15 is 0 Å². The van der Waals surface area contributed by atoms with E-state index in [4.69, 9.17) is 4.42 Å². The molecule has 98 valence electrons. The molecule has 0 aromatic carbocycles. The molecule has 3 amide bonds. The van der Waals surface area contributed by atoms with Crippen LogP contribution in [-0.4, -0.2) is 35.7 Å². The van der Waals surface area contributed by atoms with Gasteiger partial charge in [-0.15, -0.1) is 0 Å². The van der Waals surface area contributed by atoms with Crippen LogP contribution in [0.3, 0.4) is 0 Å². The quantitative estimate of drug-likeness (QED) is 0.837. The second-order valence-corrected chi connectivity index (χ2v) is 3.97. The predicted octanol–water partition coefficient (Wildman–Crippen LogP) is 0.332. The van der Waals surface area contributed by atoms with E-state index in [-0.39, 0.29) is 12.3 Å². The Morgan fingerprint density at radius 2 is 2.11 bits per heavy atom. The Morgan fingerprint density at radius 1 is 1.44 bits per heavy atom. The molecule has 6 nitrogen and oxygen atoms in total. The molecule has 0 fully saturated rings. The third-order valence-corrected chi connectivity index (χ3v) is 2.63. The van der Waals surface area contributed by atoms with Crippen molar-refractivity contribution < 1.29 is 18.8 Å². The molecule has 0 aliphatic carbocycles. The van der Waals surface area contributed by atoms with Gasteiger partial charge in [-0.05, 0) is 19.1 Å². The summed E-state index contributed by atoms with van der Waals surface area (Å²) in [5.74, 6) is -0.730. The number of nitrogens with zero attached hydrogens (tertiary/aromatic N) is 1. The van der Waals surface area contributed by atoms with Gasteiger partial charge in [0.1, 0.15) is 11.8 Å². The van der Waals surface area contributed by atoms with Crippen molar-refractivity contribution in [1.29, 1.82) is 0 Å². The van der Waals surface area contributed by atoms with Crippen LogP contribution in [0.1, 0.15) is 19.6 Å². The van der Waals surface area contributed by atoms with Crippen molar-refractivity contribution >= 4 is 17.7 Å². The molecular formula is C12H16N2O4. The third-order valence-electron chi connectivity index (χ3n) is 2.63. The lowest BCUT2D eigenvalue weighted by Crippen LogP contribution is -2.47. The summed E-state index contributed by atoms with van der Waals surface area (Å²) < 4.78 is 5.00. The van der Waals surface area contributed by atoms with E-state index in [1.165, 1.54) is 25.1 Å². The first kappa shape index (κ1) is 14.0. The first-order valence-corrected chi connectivity index (χ1v) is 5.51. The van der Waals surface area contributed by atoms with Crippen molar-refractivity contribution in [3.05, 3.63) is 24.2 Å². The van der Waals surface area contributed by atoms with Gasteiger partial charge in [0, 0.05) is 14.0 Å². The number of hydrogen-bond donors (Lipinski definition) is 1. The van der Waals surface area contributed by atoms with Gasteiger partial charge in [-0.1, -0.05) is 0 Å². The summed E-state index contributed by atoms with van der Waals surface area (Å²) in [6, 6.07) is 2.62. The Bertz CT molecular complexity index is 439. The van der Waals surface area contributed by atoms with Gasteiger partial charge in [0.05, 0.1) is 12.7 Å². The smallest absolute Gasteiger partial charge is 0.249 e. The Labute approximate surface area is 105 Å². The molecule has 1 heterocycles. The summed E-state index contributed by atoms with van der Waals surface area (Å²) in [5, 5.41) is 2.22. The van der Waals surface area contributed by atoms with Crippen molar-refractivity contribution in [2.24, 2.45) is 0 Å². The molecule has 0 aliphatic heterocycles. The predicted molar refractivity (Wildman–Crippen MR) is 63.5 cm³/mol. The van der Waals surface area contributed by atoms with Gasteiger partial charge in [-0.3, -0.25) is 19.7 Å². The van der Waals surface area contributed by atoms with E-state index in [1.54, 1.807) is 19.1 Å². The van der Waals surface area contributed by atoms with Crippen LogP contribution in [0, 0.1) is 0 Å². The van der Waals surface area contributed by atoms with Crippen LogP contribution < -0.4 is 5.32 Å². The average Bonchev–Trinajstić information content (AvgIpc) is 2.79. The fraction of sp³-hybridized carbons (Fsp3) is 0.417. The molecule has 1 atom stereocenters. The minimum Gasteiger partial charge on any atom is -0.469 e. The number of imide groups is 1. The topological polar surface area (TPSA) is 79.6 Å². The molecule has 1 N–H and O–H groups in total. The molecule has 1 aromatic rings. The van der Waals surface area contributed by atoms with Crippen LogP contribution in [-0.2, 0) is 20.8 Å². The maximum absolute atomic E-state index is 11.7. The molecule has 0 bridgehead atoms. The van der Waals surface area contributed by atoms with E-state index in [0.717, 1.165) is 0 Å². The molecule has 0 spiro atoms. The Morgan fingerprint density at radius 3 is 2.61 bits per heavy atom. The largest absolute Gasteiger partial charge is 0.469 e. The average molecular weight is 252 g/mol. The molecule has 1 rings (SSSR count). The minimum absolute atomic E-state index is 0.00472. The lowest BCUT2D eigenvalue weighted by Gasteiger charge is -2.22. The highest BCUT2D eigenvalue weighted by molar-refractivity contribution is 5.99. The van der Waals surface area contributed by atoms with Crippen LogP contribution in [0.25, 0.3) is 0 Å². The summed E-state index contributed by atoms with van der Waals surface area (Å²) in [6.07, 6.45) is 1.45. The van der Waals surface area contributed by atoms with Gasteiger partial charge >= 0.3 is 0 Å². The maximum atomic E-state index is 11.7. The number of amides is 3. The molecule has 0 unspecified atom stereocenters. The number of rotatable bonds is 4. The van der Waals surface area contributed by atoms with Crippen molar-refractivity contribution in [3.63, 3.8) is 0 Å². The van der Waals surface area contributed by atoms with Crippen LogP contribution in [0.4, 0.5) is 0 Å². The third kappa shape index (κ3) is 3.73. The second-order valence-electron chi connectivity index (χ2n) is 3.97. The van der Waals surface area contributed by atoms with E-state index in [9.17, 15) is 14.4 Å². The van der Waals surface area contributed by atoms with Gasteiger partial charge in [0.2, 0.25) is 17.7 Å². The highest BCUT2D eigenvalue weighted by atomic mass is 16.3. The molecular weight excluding hydrogens is 236 g/mol. The van der Waals surface area contributed by atoms with Crippen LogP contribution in [0.5, 0.6) is 0 Å². The van der Waals surface area contributed by atoms with Crippen LogP contribution in [0.2, 0.25) is 0 Å². The molecule has 0 saturated heterocycles. The zero-order valence-corrected chi connectivity index (χ0v) is 10.6. The van der Waals surface area contributed by atoms with Gasteiger partial charge < -0.3 is 9.32 Å². The summed E-state index contributed by atoms with van der Waals surface area (Å²) >= 11 is 0. The molecule has 6 heteroatoms. The zero-order chi connectivity index (χ0) is 13.7. The van der Waals surface area contributed by atoms with Gasteiger partial charge in [-0.2, -0.15) is 0 Å². The number of nitrogens with one attached hydrogen (secondary N) is 1. The minimum atomic E-state index is -0.692. The molecule has 0 saturated carbocycles. The number of likely N-dealkylation sites (N-methyl/N-ethyl adjacent to an activating group) is 1. The molecule has 18 heavy (non-hydrogen) atoms. The molecule has 0 aliphatic rings. The standard InChI is InChI=1S/C12H16N2O4/c1-8(14(3)9(2)15)12(17)13-11(16)7-10-5-4-6-18-10/h4-6,8H,7H2,1-3H3,(H,13,16,17)/t8-/m1/s1. The SMILES string of the molecule is CC(=O)N(C)[C@H](C)C(=O)NC(=O)Cc1ccco1. The lowest BCUT2D eigenvalue weighted by atomic mass is 10.2.